The maximum Gasteiger partial charge on any atom is 0.350 e. The number of rotatable bonds is 5. The number of nitrogens with one attached hydrogen (secondary N) is 1. The lowest BCUT2D eigenvalue weighted by molar-refractivity contribution is -0.122. The molecule has 10 heteroatoms. The van der Waals surface area contributed by atoms with Gasteiger partial charge in [-0.05, 0) is 25.7 Å². The second-order valence-electron chi connectivity index (χ2n) is 4.68. The molecule has 0 aromatic rings. The maximum atomic E-state index is 12.3. The van der Waals surface area contributed by atoms with Crippen molar-refractivity contribution in [2.45, 2.75) is 31.6 Å². The van der Waals surface area contributed by atoms with Gasteiger partial charge in [0.15, 0.2) is 0 Å². The lowest BCUT2D eigenvalue weighted by Crippen LogP contribution is -2.45. The number of alkyl halides is 2. The highest BCUT2D eigenvalue weighted by Crippen LogP contribution is 2.22. The van der Waals surface area contributed by atoms with Crippen LogP contribution in [0.4, 0.5) is 8.78 Å². The van der Waals surface area contributed by atoms with E-state index in [0.29, 0.717) is 19.4 Å². The second kappa shape index (κ2) is 8.06. The molecule has 1 saturated heterocycles. The van der Waals surface area contributed by atoms with Crippen LogP contribution in [0.5, 0.6) is 0 Å². The minimum Gasteiger partial charge on any atom is -0.354 e. The summed E-state index contributed by atoms with van der Waals surface area (Å²) in [6.45, 7) is 2.08. The third-order valence-electron chi connectivity index (χ3n) is 3.14. The van der Waals surface area contributed by atoms with Crippen LogP contribution >= 0.6 is 12.4 Å². The highest BCUT2D eigenvalue weighted by atomic mass is 35.5. The normalized spacial score (nSPS) is 19.4. The van der Waals surface area contributed by atoms with Gasteiger partial charge in [-0.3, -0.25) is 4.79 Å². The van der Waals surface area contributed by atoms with Gasteiger partial charge in [0.2, 0.25) is 5.91 Å². The molecule has 1 atom stereocenters. The minimum atomic E-state index is -4.48. The maximum absolute atomic E-state index is 12.3. The zero-order valence-corrected chi connectivity index (χ0v) is 12.7. The highest BCUT2D eigenvalue weighted by molar-refractivity contribution is 7.89. The number of hydrogen-bond acceptors (Lipinski definition) is 4. The molecule has 1 aliphatic rings. The number of nitrogens with two attached hydrogens (primary N) is 1. The molecule has 0 saturated carbocycles. The van der Waals surface area contributed by atoms with Gasteiger partial charge in [0.05, 0.1) is 6.04 Å². The Morgan fingerprint density at radius 3 is 2.30 bits per heavy atom. The largest absolute Gasteiger partial charge is 0.354 e. The zero-order valence-electron chi connectivity index (χ0n) is 11.1. The topological polar surface area (TPSA) is 92.5 Å². The summed E-state index contributed by atoms with van der Waals surface area (Å²) in [5.74, 6) is -3.56. The van der Waals surface area contributed by atoms with Gasteiger partial charge in [-0.1, -0.05) is 0 Å². The molecular weight excluding hydrogens is 316 g/mol. The molecule has 0 spiro atoms. The first-order valence-electron chi connectivity index (χ1n) is 6.05. The Hall–Kier alpha value is -0.510. The van der Waals surface area contributed by atoms with Crippen molar-refractivity contribution in [3.63, 3.8) is 0 Å². The van der Waals surface area contributed by atoms with Gasteiger partial charge in [-0.2, -0.15) is 13.1 Å². The van der Waals surface area contributed by atoms with Gasteiger partial charge in [0.25, 0.3) is 10.0 Å². The number of carbonyl (C=O) groups is 1. The highest BCUT2D eigenvalue weighted by Gasteiger charge is 2.34. The Morgan fingerprint density at radius 2 is 1.90 bits per heavy atom. The predicted molar refractivity (Wildman–Crippen MR) is 73.1 cm³/mol. The standard InChI is InChI=1S/C10H19F2N3O3S.ClH/c1-7(13)9(16)14-6-8-2-4-15(5-3-8)19(17,18)10(11)12;/h7-8,10H,2-6,13H2,1H3,(H,14,16);1H/t7-;/m1./s1. The molecule has 0 radical (unpaired) electrons. The number of halogens is 3. The second-order valence-corrected chi connectivity index (χ2v) is 6.58. The predicted octanol–water partition coefficient (Wildman–Crippen LogP) is 0.136. The first-order chi connectivity index (χ1) is 8.75. The first kappa shape index (κ1) is 19.5. The molecule has 0 aromatic heterocycles. The van der Waals surface area contributed by atoms with E-state index in [-0.39, 0.29) is 37.3 Å². The van der Waals surface area contributed by atoms with Crippen LogP contribution in [-0.2, 0) is 14.8 Å². The Kier molecular flexibility index (Phi) is 7.85. The van der Waals surface area contributed by atoms with Crippen molar-refractivity contribution in [1.29, 1.82) is 0 Å². The Balaban J connectivity index is 0.00000361. The van der Waals surface area contributed by atoms with Crippen molar-refractivity contribution in [2.24, 2.45) is 11.7 Å². The monoisotopic (exact) mass is 335 g/mol. The number of nitrogens with zero attached hydrogens (tertiary/aromatic N) is 1. The summed E-state index contributed by atoms with van der Waals surface area (Å²) in [5, 5.41) is 2.65. The van der Waals surface area contributed by atoms with Gasteiger partial charge >= 0.3 is 5.76 Å². The molecule has 1 heterocycles. The molecule has 1 aliphatic heterocycles. The average molecular weight is 336 g/mol. The van der Waals surface area contributed by atoms with Crippen molar-refractivity contribution in [3.8, 4) is 0 Å². The molecule has 1 amide bonds. The fourth-order valence-electron chi connectivity index (χ4n) is 1.89. The van der Waals surface area contributed by atoms with Crippen LogP contribution < -0.4 is 11.1 Å². The molecule has 0 aromatic carbocycles. The Labute approximate surface area is 123 Å². The summed E-state index contributed by atoms with van der Waals surface area (Å²) in [7, 11) is -4.48. The smallest absolute Gasteiger partial charge is 0.350 e. The third-order valence-corrected chi connectivity index (χ3v) is 4.67. The summed E-state index contributed by atoms with van der Waals surface area (Å²) >= 11 is 0. The lowest BCUT2D eigenvalue weighted by atomic mass is 9.98. The molecule has 20 heavy (non-hydrogen) atoms. The van der Waals surface area contributed by atoms with Gasteiger partial charge < -0.3 is 11.1 Å². The molecule has 6 nitrogen and oxygen atoms in total. The van der Waals surface area contributed by atoms with E-state index in [4.69, 9.17) is 5.73 Å². The lowest BCUT2D eigenvalue weighted by Gasteiger charge is -2.31. The van der Waals surface area contributed by atoms with Crippen molar-refractivity contribution < 1.29 is 22.0 Å². The average Bonchev–Trinajstić information content (AvgIpc) is 2.36. The van der Waals surface area contributed by atoms with E-state index in [1.807, 2.05) is 0 Å². The van der Waals surface area contributed by atoms with Crippen molar-refractivity contribution in [3.05, 3.63) is 0 Å². The SMILES string of the molecule is C[C@@H](N)C(=O)NCC1CCN(S(=O)(=O)C(F)F)CC1.Cl. The van der Waals surface area contributed by atoms with E-state index < -0.39 is 21.8 Å². The van der Waals surface area contributed by atoms with Crippen LogP contribution in [0.1, 0.15) is 19.8 Å². The van der Waals surface area contributed by atoms with E-state index in [2.05, 4.69) is 5.32 Å². The first-order valence-corrected chi connectivity index (χ1v) is 7.56. The van der Waals surface area contributed by atoms with Crippen molar-refractivity contribution >= 4 is 28.3 Å². The Bertz CT molecular complexity index is 412. The summed E-state index contributed by atoms with van der Waals surface area (Å²) in [6, 6.07) is -0.598. The summed E-state index contributed by atoms with van der Waals surface area (Å²) in [6.07, 6.45) is 0.899. The van der Waals surface area contributed by atoms with E-state index in [1.54, 1.807) is 6.92 Å². The van der Waals surface area contributed by atoms with Gasteiger partial charge in [0.1, 0.15) is 0 Å². The fraction of sp³-hybridized carbons (Fsp3) is 0.900. The van der Waals surface area contributed by atoms with Crippen LogP contribution in [0.25, 0.3) is 0 Å². The summed E-state index contributed by atoms with van der Waals surface area (Å²) in [5.41, 5.74) is 5.38. The van der Waals surface area contributed by atoms with E-state index in [1.165, 1.54) is 0 Å². The van der Waals surface area contributed by atoms with Gasteiger partial charge in [-0.25, -0.2) is 8.42 Å². The Morgan fingerprint density at radius 1 is 1.40 bits per heavy atom. The molecular formula is C10H20ClF2N3O3S. The number of hydrogen-bond donors (Lipinski definition) is 2. The van der Waals surface area contributed by atoms with Crippen molar-refractivity contribution in [2.75, 3.05) is 19.6 Å². The van der Waals surface area contributed by atoms with Crippen LogP contribution in [0.15, 0.2) is 0 Å². The van der Waals surface area contributed by atoms with Crippen LogP contribution in [-0.4, -0.2) is 50.1 Å². The molecule has 3 N–H and O–H groups in total. The van der Waals surface area contributed by atoms with Crippen LogP contribution in [0, 0.1) is 5.92 Å². The molecule has 0 bridgehead atoms. The summed E-state index contributed by atoms with van der Waals surface area (Å²) < 4.78 is 48.0. The van der Waals surface area contributed by atoms with E-state index in [9.17, 15) is 22.0 Å². The molecule has 1 fully saturated rings. The van der Waals surface area contributed by atoms with Gasteiger partial charge in [0, 0.05) is 19.6 Å². The van der Waals surface area contributed by atoms with E-state index in [0.717, 1.165) is 4.31 Å². The van der Waals surface area contributed by atoms with Gasteiger partial charge in [-0.15, -0.1) is 12.4 Å². The number of piperidine rings is 1. The molecule has 0 aliphatic carbocycles. The molecule has 1 rings (SSSR count). The van der Waals surface area contributed by atoms with Crippen LogP contribution in [0.2, 0.25) is 0 Å². The molecule has 120 valence electrons. The molecule has 0 unspecified atom stereocenters. The number of amides is 1. The number of sulfonamides is 1. The zero-order chi connectivity index (χ0) is 14.6. The number of carbonyl (C=O) groups excluding carboxylic acids is 1. The minimum absolute atomic E-state index is 0. The third kappa shape index (κ3) is 5.12. The fourth-order valence-corrected chi connectivity index (χ4v) is 2.83. The van der Waals surface area contributed by atoms with E-state index >= 15 is 0 Å². The van der Waals surface area contributed by atoms with Crippen LogP contribution in [0.3, 0.4) is 0 Å². The quantitative estimate of drug-likeness (QED) is 0.747. The van der Waals surface area contributed by atoms with Crippen molar-refractivity contribution in [1.82, 2.24) is 9.62 Å². The summed E-state index contributed by atoms with van der Waals surface area (Å²) in [4.78, 5) is 11.3.